The van der Waals surface area contributed by atoms with Gasteiger partial charge in [0.05, 0.1) is 10.6 Å². The highest BCUT2D eigenvalue weighted by atomic mass is 35.5. The minimum atomic E-state index is -0.108. The van der Waals surface area contributed by atoms with Gasteiger partial charge in [0.2, 0.25) is 0 Å². The van der Waals surface area contributed by atoms with E-state index in [9.17, 15) is 4.79 Å². The lowest BCUT2D eigenvalue weighted by Crippen LogP contribution is -2.17. The molecule has 0 saturated heterocycles. The predicted molar refractivity (Wildman–Crippen MR) is 116 cm³/mol. The molecule has 0 unspecified atom stereocenters. The zero-order chi connectivity index (χ0) is 19.5. The van der Waals surface area contributed by atoms with E-state index >= 15 is 0 Å². The number of para-hydroxylation sites is 1. The Bertz CT molecular complexity index is 1080. The van der Waals surface area contributed by atoms with E-state index in [0.717, 1.165) is 21.7 Å². The number of nitrogens with one attached hydrogen (secondary N) is 1. The van der Waals surface area contributed by atoms with Gasteiger partial charge in [-0.3, -0.25) is 4.79 Å². The highest BCUT2D eigenvalue weighted by Crippen LogP contribution is 2.38. The van der Waals surface area contributed by atoms with E-state index in [4.69, 9.17) is 27.9 Å². The topological polar surface area (TPSA) is 38.3 Å². The van der Waals surface area contributed by atoms with E-state index in [0.29, 0.717) is 27.3 Å². The molecular formula is C22H15Cl2NO2S. The summed E-state index contributed by atoms with van der Waals surface area (Å²) in [6.45, 7) is 0.332. The van der Waals surface area contributed by atoms with Crippen molar-refractivity contribution in [1.29, 1.82) is 0 Å². The standard InChI is InChI=1S/C22H15Cl2NO2S/c23-16-9-8-15(18(24)12-16)13-27-17-5-3-4-14(10-17)11-21-22(26)25-19-6-1-2-7-20(19)28-21/h1-12H,13H2,(H,25,26)/b21-11-. The molecule has 3 aromatic rings. The first-order chi connectivity index (χ1) is 13.6. The van der Waals surface area contributed by atoms with Crippen LogP contribution in [0.4, 0.5) is 5.69 Å². The molecular weight excluding hydrogens is 413 g/mol. The first-order valence-corrected chi connectivity index (χ1v) is 10.1. The summed E-state index contributed by atoms with van der Waals surface area (Å²) in [5.74, 6) is 0.588. The van der Waals surface area contributed by atoms with Crippen LogP contribution in [0, 0.1) is 0 Å². The Hall–Kier alpha value is -2.40. The van der Waals surface area contributed by atoms with Gasteiger partial charge in [0, 0.05) is 20.5 Å². The zero-order valence-electron chi connectivity index (χ0n) is 14.6. The third kappa shape index (κ3) is 4.36. The van der Waals surface area contributed by atoms with Gasteiger partial charge in [-0.05, 0) is 48.0 Å². The minimum Gasteiger partial charge on any atom is -0.489 e. The minimum absolute atomic E-state index is 0.108. The molecule has 0 radical (unpaired) electrons. The molecule has 1 aliphatic rings. The fourth-order valence-electron chi connectivity index (χ4n) is 2.75. The average Bonchev–Trinajstić information content (AvgIpc) is 2.68. The summed E-state index contributed by atoms with van der Waals surface area (Å²) >= 11 is 13.6. The number of hydrogen-bond donors (Lipinski definition) is 1. The average molecular weight is 428 g/mol. The fourth-order valence-corrected chi connectivity index (χ4v) is 4.16. The second-order valence-corrected chi connectivity index (χ2v) is 8.09. The number of carbonyl (C=O) groups is 1. The monoisotopic (exact) mass is 427 g/mol. The summed E-state index contributed by atoms with van der Waals surface area (Å²) in [6.07, 6.45) is 1.86. The largest absolute Gasteiger partial charge is 0.489 e. The van der Waals surface area contributed by atoms with Gasteiger partial charge in [-0.25, -0.2) is 0 Å². The lowest BCUT2D eigenvalue weighted by Gasteiger charge is -2.18. The predicted octanol–water partition coefficient (Wildman–Crippen LogP) is 6.66. The number of thioether (sulfide) groups is 1. The summed E-state index contributed by atoms with van der Waals surface area (Å²) < 4.78 is 5.86. The van der Waals surface area contributed by atoms with Crippen LogP contribution in [0.1, 0.15) is 11.1 Å². The molecule has 1 heterocycles. The van der Waals surface area contributed by atoms with Crippen LogP contribution >= 0.6 is 35.0 Å². The molecule has 6 heteroatoms. The quantitative estimate of drug-likeness (QED) is 0.473. The molecule has 1 aliphatic heterocycles. The smallest absolute Gasteiger partial charge is 0.262 e. The lowest BCUT2D eigenvalue weighted by molar-refractivity contribution is -0.112. The van der Waals surface area contributed by atoms with Crippen molar-refractivity contribution in [3.05, 3.63) is 92.8 Å². The van der Waals surface area contributed by atoms with Crippen LogP contribution in [0.2, 0.25) is 10.0 Å². The Morgan fingerprint density at radius 3 is 2.71 bits per heavy atom. The first kappa shape index (κ1) is 18.9. The third-order valence-corrected chi connectivity index (χ3v) is 5.83. The van der Waals surface area contributed by atoms with E-state index in [1.165, 1.54) is 11.8 Å². The van der Waals surface area contributed by atoms with Gasteiger partial charge in [0.15, 0.2) is 0 Å². The van der Waals surface area contributed by atoms with Crippen LogP contribution < -0.4 is 10.1 Å². The van der Waals surface area contributed by atoms with Gasteiger partial charge in [0.1, 0.15) is 12.4 Å². The Morgan fingerprint density at radius 2 is 1.86 bits per heavy atom. The van der Waals surface area contributed by atoms with Crippen LogP contribution in [0.15, 0.2) is 76.5 Å². The first-order valence-electron chi connectivity index (χ1n) is 8.55. The number of halogens is 2. The van der Waals surface area contributed by atoms with Crippen molar-refractivity contribution in [2.75, 3.05) is 5.32 Å². The molecule has 0 aliphatic carbocycles. The van der Waals surface area contributed by atoms with Crippen LogP contribution in [0.5, 0.6) is 5.75 Å². The molecule has 4 rings (SSSR count). The van der Waals surface area contributed by atoms with Gasteiger partial charge >= 0.3 is 0 Å². The summed E-state index contributed by atoms with van der Waals surface area (Å²) in [5, 5.41) is 4.08. The number of amides is 1. The van der Waals surface area contributed by atoms with Crippen molar-refractivity contribution in [1.82, 2.24) is 0 Å². The van der Waals surface area contributed by atoms with Gasteiger partial charge < -0.3 is 10.1 Å². The van der Waals surface area contributed by atoms with Crippen molar-refractivity contribution in [2.45, 2.75) is 11.5 Å². The fraction of sp³-hybridized carbons (Fsp3) is 0.0455. The summed E-state index contributed by atoms with van der Waals surface area (Å²) in [4.78, 5) is 14.0. The molecule has 140 valence electrons. The van der Waals surface area contributed by atoms with Gasteiger partial charge in [0.25, 0.3) is 5.91 Å². The lowest BCUT2D eigenvalue weighted by atomic mass is 10.2. The molecule has 0 bridgehead atoms. The Labute approximate surface area is 177 Å². The van der Waals surface area contributed by atoms with Crippen molar-refractivity contribution in [3.8, 4) is 5.75 Å². The Balaban J connectivity index is 1.51. The molecule has 0 fully saturated rings. The molecule has 0 spiro atoms. The third-order valence-electron chi connectivity index (χ3n) is 4.14. The molecule has 1 N–H and O–H groups in total. The number of anilines is 1. The highest BCUT2D eigenvalue weighted by Gasteiger charge is 2.20. The Kier molecular flexibility index (Phi) is 5.62. The molecule has 1 amide bonds. The van der Waals surface area contributed by atoms with Crippen molar-refractivity contribution in [3.63, 3.8) is 0 Å². The highest BCUT2D eigenvalue weighted by molar-refractivity contribution is 8.04. The number of hydrogen-bond acceptors (Lipinski definition) is 3. The molecule has 0 aromatic heterocycles. The van der Waals surface area contributed by atoms with E-state index in [1.54, 1.807) is 12.1 Å². The maximum atomic E-state index is 12.4. The van der Waals surface area contributed by atoms with Crippen molar-refractivity contribution < 1.29 is 9.53 Å². The molecule has 3 nitrogen and oxygen atoms in total. The van der Waals surface area contributed by atoms with Gasteiger partial charge in [-0.2, -0.15) is 0 Å². The second-order valence-electron chi connectivity index (χ2n) is 6.16. The van der Waals surface area contributed by atoms with Crippen molar-refractivity contribution >= 4 is 52.6 Å². The summed E-state index contributed by atoms with van der Waals surface area (Å²) in [5.41, 5.74) is 2.58. The number of rotatable bonds is 4. The van der Waals surface area contributed by atoms with Crippen LogP contribution in [-0.4, -0.2) is 5.91 Å². The molecule has 0 atom stereocenters. The van der Waals surface area contributed by atoms with Gasteiger partial charge in [-0.15, -0.1) is 0 Å². The van der Waals surface area contributed by atoms with Crippen LogP contribution in [0.25, 0.3) is 6.08 Å². The number of fused-ring (bicyclic) bond motifs is 1. The van der Waals surface area contributed by atoms with Crippen LogP contribution in [0.3, 0.4) is 0 Å². The molecule has 0 saturated carbocycles. The normalized spacial score (nSPS) is 14.5. The number of carbonyl (C=O) groups excluding carboxylic acids is 1. The van der Waals surface area contributed by atoms with E-state index in [2.05, 4.69) is 5.32 Å². The Morgan fingerprint density at radius 1 is 1.00 bits per heavy atom. The SMILES string of the molecule is O=C1Nc2ccccc2S/C1=C\c1cccc(OCc2ccc(Cl)cc2Cl)c1. The van der Waals surface area contributed by atoms with E-state index in [-0.39, 0.29) is 5.91 Å². The second kappa shape index (κ2) is 8.31. The molecule has 28 heavy (non-hydrogen) atoms. The summed E-state index contributed by atoms with van der Waals surface area (Å²) in [6, 6.07) is 20.7. The van der Waals surface area contributed by atoms with Crippen LogP contribution in [-0.2, 0) is 11.4 Å². The van der Waals surface area contributed by atoms with E-state index in [1.807, 2.05) is 60.7 Å². The van der Waals surface area contributed by atoms with E-state index < -0.39 is 0 Å². The maximum Gasteiger partial charge on any atom is 0.262 e. The molecule has 3 aromatic carbocycles. The number of ether oxygens (including phenoxy) is 1. The maximum absolute atomic E-state index is 12.4. The van der Waals surface area contributed by atoms with Crippen molar-refractivity contribution in [2.24, 2.45) is 0 Å². The zero-order valence-corrected chi connectivity index (χ0v) is 16.9. The van der Waals surface area contributed by atoms with Gasteiger partial charge in [-0.1, -0.05) is 65.3 Å². The summed E-state index contributed by atoms with van der Waals surface area (Å²) in [7, 11) is 0. The number of benzene rings is 3.